The van der Waals surface area contributed by atoms with E-state index in [1.54, 1.807) is 0 Å². The van der Waals surface area contributed by atoms with Gasteiger partial charge in [0.15, 0.2) is 0 Å². The zero-order valence-corrected chi connectivity index (χ0v) is 12.9. The van der Waals surface area contributed by atoms with Crippen molar-refractivity contribution in [2.75, 3.05) is 23.7 Å². The fraction of sp³-hybridized carbons (Fsp3) is 0.562. The van der Waals surface area contributed by atoms with Gasteiger partial charge in [-0.1, -0.05) is 0 Å². The molecule has 3 N–H and O–H groups in total. The molecule has 1 saturated heterocycles. The van der Waals surface area contributed by atoms with Gasteiger partial charge in [-0.2, -0.15) is 5.10 Å². The molecule has 2 aromatic heterocycles. The molecule has 6 heteroatoms. The molecule has 1 aliphatic carbocycles. The summed E-state index contributed by atoms with van der Waals surface area (Å²) in [6.45, 7) is 4.10. The highest BCUT2D eigenvalue weighted by Crippen LogP contribution is 2.39. The number of aryl methyl sites for hydroxylation is 1. The van der Waals surface area contributed by atoms with Crippen molar-refractivity contribution in [1.82, 2.24) is 20.2 Å². The fourth-order valence-electron chi connectivity index (χ4n) is 3.24. The number of hydrogen-bond acceptors (Lipinski definition) is 5. The molecular formula is C16H22N6. The molecule has 22 heavy (non-hydrogen) atoms. The zero-order chi connectivity index (χ0) is 15.1. The summed E-state index contributed by atoms with van der Waals surface area (Å²) >= 11 is 0. The van der Waals surface area contributed by atoms with Gasteiger partial charge in [-0.05, 0) is 32.6 Å². The predicted molar refractivity (Wildman–Crippen MR) is 85.9 cm³/mol. The van der Waals surface area contributed by atoms with E-state index in [2.05, 4.69) is 33.1 Å². The molecule has 0 unspecified atom stereocenters. The lowest BCUT2D eigenvalue weighted by Gasteiger charge is -2.32. The van der Waals surface area contributed by atoms with E-state index in [1.165, 1.54) is 12.8 Å². The smallest absolute Gasteiger partial charge is 0.145 e. The van der Waals surface area contributed by atoms with Crippen LogP contribution in [-0.4, -0.2) is 33.3 Å². The maximum absolute atomic E-state index is 5.70. The summed E-state index contributed by atoms with van der Waals surface area (Å²) in [6.07, 6.45) is 4.69. The number of H-pyrrole nitrogens is 1. The maximum Gasteiger partial charge on any atom is 0.145 e. The molecule has 0 atom stereocenters. The average Bonchev–Trinajstić information content (AvgIpc) is 3.29. The summed E-state index contributed by atoms with van der Waals surface area (Å²) in [7, 11) is 0. The van der Waals surface area contributed by atoms with Crippen LogP contribution < -0.4 is 10.6 Å². The fourth-order valence-corrected chi connectivity index (χ4v) is 3.24. The second-order valence-corrected chi connectivity index (χ2v) is 6.51. The van der Waals surface area contributed by atoms with Gasteiger partial charge in [0.05, 0.1) is 0 Å². The van der Waals surface area contributed by atoms with Crippen LogP contribution in [0.4, 0.5) is 11.6 Å². The molecule has 2 fully saturated rings. The minimum Gasteiger partial charge on any atom is -0.382 e. The number of nitrogens with zero attached hydrogens (tertiary/aromatic N) is 4. The van der Waals surface area contributed by atoms with Gasteiger partial charge in [-0.3, -0.25) is 5.10 Å². The van der Waals surface area contributed by atoms with E-state index in [1.807, 2.05) is 6.07 Å². The van der Waals surface area contributed by atoms with E-state index in [-0.39, 0.29) is 0 Å². The Bertz CT molecular complexity index is 667. The Morgan fingerprint density at radius 3 is 2.50 bits per heavy atom. The van der Waals surface area contributed by atoms with Gasteiger partial charge in [0.25, 0.3) is 0 Å². The number of aromatic nitrogens is 4. The van der Waals surface area contributed by atoms with Gasteiger partial charge in [-0.25, -0.2) is 9.97 Å². The summed E-state index contributed by atoms with van der Waals surface area (Å²) in [6, 6.07) is 4.07. The lowest BCUT2D eigenvalue weighted by atomic mass is 9.93. The minimum atomic E-state index is 0.520. The standard InChI is InChI=1S/C16H22N6/c1-10-8-15(19-16(18-10)12-2-3-12)22-6-4-11(5-7-22)13-9-14(17)21-20-13/h8-9,11-12H,2-7H2,1H3,(H3,17,20,21). The molecule has 0 spiro atoms. The van der Waals surface area contributed by atoms with Crippen LogP contribution >= 0.6 is 0 Å². The van der Waals surface area contributed by atoms with Gasteiger partial charge >= 0.3 is 0 Å². The predicted octanol–water partition coefficient (Wildman–Crippen LogP) is 2.35. The third-order valence-corrected chi connectivity index (χ3v) is 4.68. The van der Waals surface area contributed by atoms with Gasteiger partial charge in [-0.15, -0.1) is 0 Å². The van der Waals surface area contributed by atoms with E-state index in [9.17, 15) is 0 Å². The van der Waals surface area contributed by atoms with Crippen molar-refractivity contribution >= 4 is 11.6 Å². The Kier molecular flexibility index (Phi) is 3.24. The molecule has 2 aliphatic rings. The number of anilines is 2. The molecular weight excluding hydrogens is 276 g/mol. The molecule has 116 valence electrons. The lowest BCUT2D eigenvalue weighted by Crippen LogP contribution is -2.34. The normalized spacial score (nSPS) is 19.6. The largest absolute Gasteiger partial charge is 0.382 e. The monoisotopic (exact) mass is 298 g/mol. The summed E-state index contributed by atoms with van der Waals surface area (Å²) < 4.78 is 0. The molecule has 4 rings (SSSR count). The molecule has 1 aliphatic heterocycles. The van der Waals surface area contributed by atoms with Crippen LogP contribution in [0.5, 0.6) is 0 Å². The molecule has 2 aromatic rings. The Morgan fingerprint density at radius 1 is 1.09 bits per heavy atom. The van der Waals surface area contributed by atoms with Crippen LogP contribution in [0.2, 0.25) is 0 Å². The van der Waals surface area contributed by atoms with E-state index < -0.39 is 0 Å². The zero-order valence-electron chi connectivity index (χ0n) is 12.9. The van der Waals surface area contributed by atoms with Crippen molar-refractivity contribution in [1.29, 1.82) is 0 Å². The Balaban J connectivity index is 1.47. The number of rotatable bonds is 3. The SMILES string of the molecule is Cc1cc(N2CCC(c3cc(N)n[nH]3)CC2)nc(C2CC2)n1. The van der Waals surface area contributed by atoms with Gasteiger partial charge in [0.1, 0.15) is 17.5 Å². The van der Waals surface area contributed by atoms with E-state index >= 15 is 0 Å². The molecule has 0 bridgehead atoms. The van der Waals surface area contributed by atoms with Crippen LogP contribution in [0.25, 0.3) is 0 Å². The van der Waals surface area contributed by atoms with Gasteiger partial charge in [0, 0.05) is 48.4 Å². The van der Waals surface area contributed by atoms with E-state index in [0.717, 1.165) is 49.0 Å². The third-order valence-electron chi connectivity index (χ3n) is 4.68. The van der Waals surface area contributed by atoms with Crippen molar-refractivity contribution in [3.63, 3.8) is 0 Å². The molecule has 0 radical (unpaired) electrons. The summed E-state index contributed by atoms with van der Waals surface area (Å²) in [4.78, 5) is 11.8. The second kappa shape index (κ2) is 5.26. The van der Waals surface area contributed by atoms with Crippen molar-refractivity contribution in [2.45, 2.75) is 44.4 Å². The summed E-state index contributed by atoms with van der Waals surface area (Å²) in [5, 5.41) is 7.09. The van der Waals surface area contributed by atoms with Crippen LogP contribution in [0.3, 0.4) is 0 Å². The van der Waals surface area contributed by atoms with Crippen LogP contribution in [-0.2, 0) is 0 Å². The molecule has 0 amide bonds. The van der Waals surface area contributed by atoms with Crippen LogP contribution in [0.1, 0.15) is 54.7 Å². The van der Waals surface area contributed by atoms with Crippen LogP contribution in [0.15, 0.2) is 12.1 Å². The highest BCUT2D eigenvalue weighted by atomic mass is 15.2. The minimum absolute atomic E-state index is 0.520. The van der Waals surface area contributed by atoms with E-state index in [0.29, 0.717) is 17.7 Å². The first-order valence-electron chi connectivity index (χ1n) is 8.10. The third kappa shape index (κ3) is 2.65. The molecule has 6 nitrogen and oxygen atoms in total. The Morgan fingerprint density at radius 2 is 1.86 bits per heavy atom. The molecule has 3 heterocycles. The Hall–Kier alpha value is -2.11. The number of nitrogens with one attached hydrogen (secondary N) is 1. The highest BCUT2D eigenvalue weighted by molar-refractivity contribution is 5.41. The number of nitrogens with two attached hydrogens (primary N) is 1. The Labute approximate surface area is 130 Å². The van der Waals surface area contributed by atoms with Crippen molar-refractivity contribution in [3.05, 3.63) is 29.3 Å². The van der Waals surface area contributed by atoms with Crippen molar-refractivity contribution < 1.29 is 0 Å². The second-order valence-electron chi connectivity index (χ2n) is 6.51. The number of piperidine rings is 1. The van der Waals surface area contributed by atoms with Crippen LogP contribution in [0, 0.1) is 6.92 Å². The van der Waals surface area contributed by atoms with E-state index in [4.69, 9.17) is 10.7 Å². The lowest BCUT2D eigenvalue weighted by molar-refractivity contribution is 0.492. The van der Waals surface area contributed by atoms with Crippen molar-refractivity contribution in [3.8, 4) is 0 Å². The topological polar surface area (TPSA) is 83.7 Å². The summed E-state index contributed by atoms with van der Waals surface area (Å²) in [5.41, 5.74) is 7.94. The van der Waals surface area contributed by atoms with Gasteiger partial charge in [0.2, 0.25) is 0 Å². The molecule has 0 aromatic carbocycles. The first-order chi connectivity index (χ1) is 10.7. The average molecular weight is 298 g/mol. The van der Waals surface area contributed by atoms with Gasteiger partial charge < -0.3 is 10.6 Å². The first kappa shape index (κ1) is 13.5. The number of nitrogen functional groups attached to an aromatic ring is 1. The molecule has 1 saturated carbocycles. The summed E-state index contributed by atoms with van der Waals surface area (Å²) in [5.74, 6) is 3.84. The first-order valence-corrected chi connectivity index (χ1v) is 8.10. The number of aromatic amines is 1. The highest BCUT2D eigenvalue weighted by Gasteiger charge is 2.28. The quantitative estimate of drug-likeness (QED) is 0.908. The number of hydrogen-bond donors (Lipinski definition) is 2. The van der Waals surface area contributed by atoms with Crippen molar-refractivity contribution in [2.24, 2.45) is 0 Å². The maximum atomic E-state index is 5.70.